The second-order valence-electron chi connectivity index (χ2n) is 4.53. The van der Waals surface area contributed by atoms with Crippen LogP contribution in [0.2, 0.25) is 0 Å². The van der Waals surface area contributed by atoms with Crippen molar-refractivity contribution in [3.05, 3.63) is 35.9 Å². The van der Waals surface area contributed by atoms with Crippen molar-refractivity contribution < 1.29 is 32.4 Å². The van der Waals surface area contributed by atoms with Crippen LogP contribution in [0.25, 0.3) is 0 Å². The van der Waals surface area contributed by atoms with E-state index in [1.54, 1.807) is 30.3 Å². The molecule has 0 fully saturated rings. The predicted octanol–water partition coefficient (Wildman–Crippen LogP) is 1.03. The molecule has 0 bridgehead atoms. The lowest BCUT2D eigenvalue weighted by molar-refractivity contribution is -0.139. The van der Waals surface area contributed by atoms with E-state index in [0.717, 1.165) is 5.56 Å². The van der Waals surface area contributed by atoms with E-state index in [4.69, 9.17) is 14.4 Å². The summed E-state index contributed by atoms with van der Waals surface area (Å²) in [4.78, 5) is 22.5. The highest BCUT2D eigenvalue weighted by Crippen LogP contribution is 2.03. The van der Waals surface area contributed by atoms with Crippen molar-refractivity contribution in [1.82, 2.24) is 5.32 Å². The first-order valence-electron chi connectivity index (χ1n) is 6.43. The lowest BCUT2D eigenvalue weighted by Crippen LogP contribution is -2.41. The van der Waals surface area contributed by atoms with Crippen LogP contribution in [0.3, 0.4) is 0 Å². The summed E-state index contributed by atoms with van der Waals surface area (Å²) in [6, 6.07) is 7.55. The van der Waals surface area contributed by atoms with Gasteiger partial charge in [0, 0.05) is 0 Å². The van der Waals surface area contributed by atoms with E-state index in [9.17, 15) is 18.0 Å². The average molecular weight is 331 g/mol. The van der Waals surface area contributed by atoms with Crippen LogP contribution in [0.1, 0.15) is 18.4 Å². The van der Waals surface area contributed by atoms with Crippen LogP contribution >= 0.6 is 0 Å². The summed E-state index contributed by atoms with van der Waals surface area (Å²) in [5, 5.41) is 11.1. The van der Waals surface area contributed by atoms with Crippen LogP contribution in [-0.4, -0.2) is 41.9 Å². The molecule has 1 atom stereocenters. The summed E-state index contributed by atoms with van der Waals surface area (Å²) >= 11 is 0. The summed E-state index contributed by atoms with van der Waals surface area (Å²) in [7, 11) is -4.16. The number of carbonyl (C=O) groups is 2. The van der Waals surface area contributed by atoms with Crippen LogP contribution < -0.4 is 5.32 Å². The van der Waals surface area contributed by atoms with Crippen molar-refractivity contribution in [2.24, 2.45) is 0 Å². The second-order valence-corrected chi connectivity index (χ2v) is 6.10. The molecule has 0 aliphatic heterocycles. The molecule has 0 radical (unpaired) electrons. The Kier molecular flexibility index (Phi) is 6.80. The first-order valence-corrected chi connectivity index (χ1v) is 8.04. The number of rotatable bonds is 8. The lowest BCUT2D eigenvalue weighted by atomic mass is 10.2. The van der Waals surface area contributed by atoms with E-state index in [0.29, 0.717) is 0 Å². The Hall–Kier alpha value is -2.13. The van der Waals surface area contributed by atoms with Gasteiger partial charge in [-0.2, -0.15) is 8.42 Å². The number of alkyl carbamates (subject to hydrolysis) is 1. The number of hydrogen-bond donors (Lipinski definition) is 3. The van der Waals surface area contributed by atoms with Gasteiger partial charge in [-0.3, -0.25) is 4.55 Å². The molecule has 1 amide bonds. The average Bonchev–Trinajstić information content (AvgIpc) is 2.43. The molecule has 8 nitrogen and oxygen atoms in total. The maximum atomic E-state index is 11.5. The fourth-order valence-corrected chi connectivity index (χ4v) is 2.17. The molecule has 0 spiro atoms. The number of ether oxygens (including phenoxy) is 1. The normalized spacial score (nSPS) is 12.4. The van der Waals surface area contributed by atoms with E-state index in [1.165, 1.54) is 0 Å². The van der Waals surface area contributed by atoms with Crippen LogP contribution in [0.4, 0.5) is 4.79 Å². The summed E-state index contributed by atoms with van der Waals surface area (Å²) in [6.07, 6.45) is -1.16. The summed E-state index contributed by atoms with van der Waals surface area (Å²) in [5.74, 6) is -1.88. The standard InChI is InChI=1S/C13H17NO7S/c15-12(16)11(7-4-8-22(18,19)20)14-13(17)21-9-10-5-2-1-3-6-10/h1-3,5-6,11H,4,7-9H2,(H,14,17)(H,15,16)(H,18,19,20). The molecule has 0 saturated heterocycles. The van der Waals surface area contributed by atoms with Gasteiger partial charge < -0.3 is 15.2 Å². The number of nitrogens with one attached hydrogen (secondary N) is 1. The Labute approximate surface area is 127 Å². The highest BCUT2D eigenvalue weighted by atomic mass is 32.2. The Balaban J connectivity index is 2.42. The third-order valence-electron chi connectivity index (χ3n) is 2.70. The summed E-state index contributed by atoms with van der Waals surface area (Å²) in [5.41, 5.74) is 0.746. The molecule has 0 aliphatic carbocycles. The molecule has 1 aromatic rings. The van der Waals surface area contributed by atoms with Crippen molar-refractivity contribution in [2.45, 2.75) is 25.5 Å². The Morgan fingerprint density at radius 3 is 2.41 bits per heavy atom. The van der Waals surface area contributed by atoms with Crippen molar-refractivity contribution in [1.29, 1.82) is 0 Å². The molecule has 1 aromatic carbocycles. The van der Waals surface area contributed by atoms with Gasteiger partial charge in [-0.05, 0) is 18.4 Å². The molecule has 0 heterocycles. The molecule has 1 rings (SSSR count). The van der Waals surface area contributed by atoms with Crippen molar-refractivity contribution >= 4 is 22.2 Å². The molecule has 3 N–H and O–H groups in total. The molecule has 9 heteroatoms. The molecule has 22 heavy (non-hydrogen) atoms. The molecular weight excluding hydrogens is 314 g/mol. The van der Waals surface area contributed by atoms with E-state index in [1.807, 2.05) is 0 Å². The maximum absolute atomic E-state index is 11.5. The first-order chi connectivity index (χ1) is 10.3. The zero-order valence-corrected chi connectivity index (χ0v) is 12.5. The van der Waals surface area contributed by atoms with Gasteiger partial charge in [-0.1, -0.05) is 30.3 Å². The van der Waals surface area contributed by atoms with Gasteiger partial charge in [0.1, 0.15) is 12.6 Å². The quantitative estimate of drug-likeness (QED) is 0.606. The van der Waals surface area contributed by atoms with Crippen LogP contribution in [0.5, 0.6) is 0 Å². The molecule has 0 saturated carbocycles. The molecule has 0 aromatic heterocycles. The number of carbonyl (C=O) groups excluding carboxylic acids is 1. The van der Waals surface area contributed by atoms with Gasteiger partial charge in [-0.25, -0.2) is 9.59 Å². The Morgan fingerprint density at radius 2 is 1.86 bits per heavy atom. The minimum absolute atomic E-state index is 0.00989. The number of amides is 1. The smallest absolute Gasteiger partial charge is 0.408 e. The van der Waals surface area contributed by atoms with Crippen molar-refractivity contribution in [3.63, 3.8) is 0 Å². The zero-order valence-electron chi connectivity index (χ0n) is 11.6. The Bertz CT molecular complexity index is 600. The number of benzene rings is 1. The maximum Gasteiger partial charge on any atom is 0.408 e. The molecule has 0 aliphatic rings. The highest BCUT2D eigenvalue weighted by Gasteiger charge is 2.21. The highest BCUT2D eigenvalue weighted by molar-refractivity contribution is 7.85. The molecule has 1 unspecified atom stereocenters. The van der Waals surface area contributed by atoms with E-state index >= 15 is 0 Å². The minimum Gasteiger partial charge on any atom is -0.480 e. The van der Waals surface area contributed by atoms with E-state index in [2.05, 4.69) is 5.32 Å². The molecular formula is C13H17NO7S. The monoisotopic (exact) mass is 331 g/mol. The number of carboxylic acid groups (broad SMARTS) is 1. The lowest BCUT2D eigenvalue weighted by Gasteiger charge is -2.14. The van der Waals surface area contributed by atoms with Crippen molar-refractivity contribution in [3.8, 4) is 0 Å². The third-order valence-corrected chi connectivity index (χ3v) is 3.50. The number of carboxylic acids is 1. The van der Waals surface area contributed by atoms with Crippen LogP contribution in [0, 0.1) is 0 Å². The fraction of sp³-hybridized carbons (Fsp3) is 0.385. The van der Waals surface area contributed by atoms with Gasteiger partial charge in [0.2, 0.25) is 0 Å². The van der Waals surface area contributed by atoms with Gasteiger partial charge >= 0.3 is 12.1 Å². The predicted molar refractivity (Wildman–Crippen MR) is 76.8 cm³/mol. The topological polar surface area (TPSA) is 130 Å². The van der Waals surface area contributed by atoms with Gasteiger partial charge in [0.25, 0.3) is 10.1 Å². The largest absolute Gasteiger partial charge is 0.480 e. The Morgan fingerprint density at radius 1 is 1.23 bits per heavy atom. The van der Waals surface area contributed by atoms with Gasteiger partial charge in [0.05, 0.1) is 5.75 Å². The third kappa shape index (κ3) is 7.60. The SMILES string of the molecule is O=C(NC(CCCS(=O)(=O)O)C(=O)O)OCc1ccccc1. The minimum atomic E-state index is -4.16. The van der Waals surface area contributed by atoms with Crippen molar-refractivity contribution in [2.75, 3.05) is 5.75 Å². The summed E-state index contributed by atoms with van der Waals surface area (Å²) < 4.78 is 34.6. The first kappa shape index (κ1) is 17.9. The molecule has 122 valence electrons. The number of aliphatic carboxylic acids is 1. The second kappa shape index (κ2) is 8.35. The summed E-state index contributed by atoms with van der Waals surface area (Å²) in [6.45, 7) is -0.00989. The van der Waals surface area contributed by atoms with Gasteiger partial charge in [-0.15, -0.1) is 0 Å². The van der Waals surface area contributed by atoms with Gasteiger partial charge in [0.15, 0.2) is 0 Å². The number of hydrogen-bond acceptors (Lipinski definition) is 5. The fourth-order valence-electron chi connectivity index (χ4n) is 1.63. The van der Waals surface area contributed by atoms with E-state index < -0.39 is 34.0 Å². The zero-order chi connectivity index (χ0) is 16.6. The van der Waals surface area contributed by atoms with E-state index in [-0.39, 0.29) is 19.4 Å². The van der Waals surface area contributed by atoms with Crippen LogP contribution in [-0.2, 0) is 26.3 Å². The van der Waals surface area contributed by atoms with Crippen LogP contribution in [0.15, 0.2) is 30.3 Å².